The van der Waals surface area contributed by atoms with Gasteiger partial charge in [0.1, 0.15) is 0 Å². The molecule has 0 saturated carbocycles. The van der Waals surface area contributed by atoms with Gasteiger partial charge in [0.2, 0.25) is 5.91 Å². The van der Waals surface area contributed by atoms with E-state index in [4.69, 9.17) is 0 Å². The molecule has 0 spiro atoms. The van der Waals surface area contributed by atoms with Crippen LogP contribution in [0.1, 0.15) is 20.3 Å². The van der Waals surface area contributed by atoms with Crippen LogP contribution < -0.4 is 5.32 Å². The van der Waals surface area contributed by atoms with Crippen molar-refractivity contribution in [3.63, 3.8) is 0 Å². The molecule has 0 unspecified atom stereocenters. The molecule has 0 atom stereocenters. The molecule has 1 aliphatic rings. The number of hydrogen-bond donors (Lipinski definition) is 1. The fourth-order valence-corrected chi connectivity index (χ4v) is 1.68. The smallest absolute Gasteiger partial charge is 0.226 e. The fraction of sp³-hybridized carbons (Fsp3) is 0.700. The third-order valence-corrected chi connectivity index (χ3v) is 2.42. The van der Waals surface area contributed by atoms with Crippen LogP contribution in [0.3, 0.4) is 0 Å². The van der Waals surface area contributed by atoms with E-state index in [9.17, 15) is 4.79 Å². The lowest BCUT2D eigenvalue weighted by Crippen LogP contribution is -2.59. The number of nitrogens with one attached hydrogen (secondary N) is 1. The third kappa shape index (κ3) is 2.31. The van der Waals surface area contributed by atoms with Crippen LogP contribution in [-0.2, 0) is 4.79 Å². The van der Waals surface area contributed by atoms with E-state index in [0.717, 1.165) is 19.6 Å². The van der Waals surface area contributed by atoms with Crippen molar-refractivity contribution in [1.29, 1.82) is 0 Å². The van der Waals surface area contributed by atoms with Crippen LogP contribution in [0, 0.1) is 0 Å². The quantitative estimate of drug-likeness (QED) is 0.640. The molecule has 0 aromatic rings. The zero-order valence-electron chi connectivity index (χ0n) is 8.47. The average molecular weight is 182 g/mol. The summed E-state index contributed by atoms with van der Waals surface area (Å²) in [5.74, 6) is 0.182. The minimum absolute atomic E-state index is 0.0572. The van der Waals surface area contributed by atoms with Crippen molar-refractivity contribution in [1.82, 2.24) is 10.2 Å². The largest absolute Gasteiger partial charge is 0.335 e. The summed E-state index contributed by atoms with van der Waals surface area (Å²) in [6.45, 7) is 10.3. The molecular weight excluding hydrogens is 164 g/mol. The second-order valence-electron chi connectivity index (χ2n) is 4.03. The Morgan fingerprint density at radius 3 is 2.92 bits per heavy atom. The molecule has 0 aromatic carbocycles. The number of piperazine rings is 1. The Morgan fingerprint density at radius 1 is 1.69 bits per heavy atom. The predicted molar refractivity (Wildman–Crippen MR) is 53.5 cm³/mol. The van der Waals surface area contributed by atoms with Crippen LogP contribution in [0.2, 0.25) is 0 Å². The molecule has 3 nitrogen and oxygen atoms in total. The van der Waals surface area contributed by atoms with E-state index >= 15 is 0 Å². The Hall–Kier alpha value is -0.830. The van der Waals surface area contributed by atoms with Gasteiger partial charge in [0, 0.05) is 31.6 Å². The van der Waals surface area contributed by atoms with E-state index in [2.05, 4.69) is 25.7 Å². The van der Waals surface area contributed by atoms with Gasteiger partial charge >= 0.3 is 0 Å². The van der Waals surface area contributed by atoms with Crippen LogP contribution in [0.4, 0.5) is 0 Å². The van der Waals surface area contributed by atoms with Crippen LogP contribution >= 0.6 is 0 Å². The lowest BCUT2D eigenvalue weighted by atomic mass is 10.00. The van der Waals surface area contributed by atoms with Crippen LogP contribution in [-0.4, -0.2) is 36.0 Å². The molecule has 3 heteroatoms. The summed E-state index contributed by atoms with van der Waals surface area (Å²) in [6, 6.07) is 0. The average Bonchev–Trinajstić information content (AvgIpc) is 2.03. The molecule has 1 amide bonds. The lowest BCUT2D eigenvalue weighted by molar-refractivity contribution is -0.136. The molecule has 0 aliphatic carbocycles. The first-order valence-electron chi connectivity index (χ1n) is 4.70. The number of rotatable bonds is 2. The normalized spacial score (nSPS) is 21.2. The van der Waals surface area contributed by atoms with Crippen LogP contribution in [0.5, 0.6) is 0 Å². The maximum atomic E-state index is 11.6. The summed E-state index contributed by atoms with van der Waals surface area (Å²) in [7, 11) is 0. The SMILES string of the molecule is C=CCC(=O)N1CCNCC1(C)C. The standard InChI is InChI=1S/C10H18N2O/c1-4-5-9(13)12-7-6-11-8-10(12,2)3/h4,11H,1,5-8H2,2-3H3. The highest BCUT2D eigenvalue weighted by Gasteiger charge is 2.32. The van der Waals surface area contributed by atoms with Gasteiger partial charge in [-0.2, -0.15) is 0 Å². The zero-order valence-corrected chi connectivity index (χ0v) is 8.47. The fourth-order valence-electron chi connectivity index (χ4n) is 1.68. The molecule has 1 N–H and O–H groups in total. The predicted octanol–water partition coefficient (Wildman–Crippen LogP) is 0.773. The summed E-state index contributed by atoms with van der Waals surface area (Å²) in [4.78, 5) is 13.6. The van der Waals surface area contributed by atoms with Gasteiger partial charge in [0.15, 0.2) is 0 Å². The number of carbonyl (C=O) groups is 1. The summed E-state index contributed by atoms with van der Waals surface area (Å²) in [5.41, 5.74) is -0.0572. The van der Waals surface area contributed by atoms with Gasteiger partial charge in [0.05, 0.1) is 0 Å². The molecule has 1 saturated heterocycles. The van der Waals surface area contributed by atoms with Gasteiger partial charge < -0.3 is 10.2 Å². The molecule has 13 heavy (non-hydrogen) atoms. The van der Waals surface area contributed by atoms with Crippen molar-refractivity contribution in [2.45, 2.75) is 25.8 Å². The first-order chi connectivity index (χ1) is 6.08. The van der Waals surface area contributed by atoms with Crippen LogP contribution in [0.25, 0.3) is 0 Å². The van der Waals surface area contributed by atoms with Crippen molar-refractivity contribution in [3.05, 3.63) is 12.7 Å². The maximum Gasteiger partial charge on any atom is 0.226 e. The number of nitrogens with zero attached hydrogens (tertiary/aromatic N) is 1. The summed E-state index contributed by atoms with van der Waals surface area (Å²) < 4.78 is 0. The molecular formula is C10H18N2O. The first-order valence-corrected chi connectivity index (χ1v) is 4.70. The highest BCUT2D eigenvalue weighted by Crippen LogP contribution is 2.17. The minimum atomic E-state index is -0.0572. The van der Waals surface area contributed by atoms with E-state index in [1.807, 2.05) is 4.90 Å². The van der Waals surface area contributed by atoms with E-state index in [-0.39, 0.29) is 11.4 Å². The molecule has 0 bridgehead atoms. The van der Waals surface area contributed by atoms with Gasteiger partial charge in [0.25, 0.3) is 0 Å². The molecule has 1 aliphatic heterocycles. The second-order valence-corrected chi connectivity index (χ2v) is 4.03. The second kappa shape index (κ2) is 3.92. The topological polar surface area (TPSA) is 32.3 Å². The highest BCUT2D eigenvalue weighted by molar-refractivity contribution is 5.78. The minimum Gasteiger partial charge on any atom is -0.335 e. The molecule has 1 rings (SSSR count). The lowest BCUT2D eigenvalue weighted by Gasteiger charge is -2.42. The Kier molecular flexibility index (Phi) is 3.09. The summed E-state index contributed by atoms with van der Waals surface area (Å²) in [6.07, 6.45) is 2.11. The van der Waals surface area contributed by atoms with Gasteiger partial charge in [-0.25, -0.2) is 0 Å². The van der Waals surface area contributed by atoms with Gasteiger partial charge in [-0.1, -0.05) is 6.08 Å². The van der Waals surface area contributed by atoms with Crippen molar-refractivity contribution >= 4 is 5.91 Å². The van der Waals surface area contributed by atoms with E-state index in [1.54, 1.807) is 6.08 Å². The van der Waals surface area contributed by atoms with Crippen molar-refractivity contribution < 1.29 is 4.79 Å². The van der Waals surface area contributed by atoms with Crippen molar-refractivity contribution in [3.8, 4) is 0 Å². The van der Waals surface area contributed by atoms with E-state index in [1.165, 1.54) is 0 Å². The Labute approximate surface area is 79.8 Å². The molecule has 1 heterocycles. The molecule has 0 aromatic heterocycles. The molecule has 74 valence electrons. The number of amides is 1. The van der Waals surface area contributed by atoms with Crippen molar-refractivity contribution in [2.24, 2.45) is 0 Å². The Bertz CT molecular complexity index is 211. The Morgan fingerprint density at radius 2 is 2.38 bits per heavy atom. The highest BCUT2D eigenvalue weighted by atomic mass is 16.2. The van der Waals surface area contributed by atoms with Crippen LogP contribution in [0.15, 0.2) is 12.7 Å². The third-order valence-electron chi connectivity index (χ3n) is 2.42. The number of hydrogen-bond acceptors (Lipinski definition) is 2. The van der Waals surface area contributed by atoms with Gasteiger partial charge in [-0.05, 0) is 13.8 Å². The monoisotopic (exact) mass is 182 g/mol. The molecule has 0 radical (unpaired) electrons. The molecule has 1 fully saturated rings. The Balaban J connectivity index is 2.64. The van der Waals surface area contributed by atoms with E-state index in [0.29, 0.717) is 6.42 Å². The maximum absolute atomic E-state index is 11.6. The first kappa shape index (κ1) is 10.3. The van der Waals surface area contributed by atoms with Gasteiger partial charge in [-0.3, -0.25) is 4.79 Å². The van der Waals surface area contributed by atoms with E-state index < -0.39 is 0 Å². The summed E-state index contributed by atoms with van der Waals surface area (Å²) >= 11 is 0. The van der Waals surface area contributed by atoms with Crippen molar-refractivity contribution in [2.75, 3.05) is 19.6 Å². The summed E-state index contributed by atoms with van der Waals surface area (Å²) in [5, 5.41) is 3.28. The number of carbonyl (C=O) groups excluding carboxylic acids is 1. The van der Waals surface area contributed by atoms with Gasteiger partial charge in [-0.15, -0.1) is 6.58 Å². The zero-order chi connectivity index (χ0) is 9.90.